The molecule has 15 heavy (non-hydrogen) atoms. The van der Waals surface area contributed by atoms with Crippen molar-refractivity contribution < 1.29 is 0 Å². The van der Waals surface area contributed by atoms with Gasteiger partial charge in [-0.2, -0.15) is 0 Å². The number of aryl methyl sites for hydroxylation is 1. The lowest BCUT2D eigenvalue weighted by Gasteiger charge is -2.27. The number of alkyl halides is 1. The summed E-state index contributed by atoms with van der Waals surface area (Å²) < 4.78 is 1.94. The van der Waals surface area contributed by atoms with Crippen molar-refractivity contribution in [3.63, 3.8) is 0 Å². The first-order valence-corrected chi connectivity index (χ1v) is 7.38. The highest BCUT2D eigenvalue weighted by Crippen LogP contribution is 2.41. The highest BCUT2D eigenvalue weighted by Gasteiger charge is 2.33. The van der Waals surface area contributed by atoms with Crippen molar-refractivity contribution in [1.82, 2.24) is 4.57 Å². The van der Waals surface area contributed by atoms with Crippen molar-refractivity contribution >= 4 is 27.3 Å². The molecule has 0 aliphatic heterocycles. The number of hydrogen-bond acceptors (Lipinski definition) is 2. The molecule has 0 atom stereocenters. The predicted octanol–water partition coefficient (Wildman–Crippen LogP) is 3.17. The molecule has 0 amide bonds. The molecule has 1 heterocycles. The Kier molecular flexibility index (Phi) is 3.36. The van der Waals surface area contributed by atoms with Crippen LogP contribution in [-0.4, -0.2) is 9.90 Å². The molecular weight excluding hydrogens is 274 g/mol. The minimum Gasteiger partial charge on any atom is -0.303 e. The molecule has 1 saturated carbocycles. The summed E-state index contributed by atoms with van der Waals surface area (Å²) in [6.45, 7) is 2.92. The minimum absolute atomic E-state index is 0.194. The van der Waals surface area contributed by atoms with Crippen LogP contribution in [0.1, 0.15) is 31.4 Å². The molecule has 4 heteroatoms. The van der Waals surface area contributed by atoms with Gasteiger partial charge in [0.2, 0.25) is 0 Å². The van der Waals surface area contributed by atoms with E-state index in [4.69, 9.17) is 0 Å². The molecule has 0 radical (unpaired) electrons. The van der Waals surface area contributed by atoms with Gasteiger partial charge in [-0.3, -0.25) is 4.79 Å². The molecule has 1 aliphatic carbocycles. The Labute approximate surface area is 102 Å². The second-order valence-electron chi connectivity index (χ2n) is 4.57. The molecule has 0 bridgehead atoms. The van der Waals surface area contributed by atoms with Crippen LogP contribution in [0.3, 0.4) is 0 Å². The standard InChI is InChI=1S/C11H16BrNOS/c1-9-6-15-10(14)13(9)8-11(7-12)4-2-3-5-11/h6H,2-5,7-8H2,1H3. The summed E-state index contributed by atoms with van der Waals surface area (Å²) in [4.78, 5) is 11.8. The molecule has 0 spiro atoms. The zero-order chi connectivity index (χ0) is 10.9. The van der Waals surface area contributed by atoms with Gasteiger partial charge in [0.25, 0.3) is 0 Å². The van der Waals surface area contributed by atoms with E-state index in [0.29, 0.717) is 5.41 Å². The van der Waals surface area contributed by atoms with Crippen molar-refractivity contribution in [2.45, 2.75) is 39.2 Å². The van der Waals surface area contributed by atoms with Gasteiger partial charge in [0.15, 0.2) is 0 Å². The Morgan fingerprint density at radius 1 is 1.53 bits per heavy atom. The Bertz CT molecular complexity index is 390. The second-order valence-corrected chi connectivity index (χ2v) is 5.95. The van der Waals surface area contributed by atoms with Gasteiger partial charge in [0.1, 0.15) is 0 Å². The molecule has 0 unspecified atom stereocenters. The normalized spacial score (nSPS) is 19.6. The lowest BCUT2D eigenvalue weighted by molar-refractivity contribution is 0.287. The van der Waals surface area contributed by atoms with Crippen LogP contribution in [-0.2, 0) is 6.54 Å². The molecule has 84 valence electrons. The highest BCUT2D eigenvalue weighted by atomic mass is 79.9. The predicted molar refractivity (Wildman–Crippen MR) is 68.0 cm³/mol. The lowest BCUT2D eigenvalue weighted by Crippen LogP contribution is -2.30. The van der Waals surface area contributed by atoms with Gasteiger partial charge >= 0.3 is 4.87 Å². The molecule has 1 aliphatic rings. The number of rotatable bonds is 3. The van der Waals surface area contributed by atoms with Gasteiger partial charge in [-0.1, -0.05) is 40.1 Å². The van der Waals surface area contributed by atoms with Crippen LogP contribution in [0.5, 0.6) is 0 Å². The largest absolute Gasteiger partial charge is 0.307 e. The molecule has 0 N–H and O–H groups in total. The summed E-state index contributed by atoms with van der Waals surface area (Å²) in [6, 6.07) is 0. The summed E-state index contributed by atoms with van der Waals surface area (Å²) in [6.07, 6.45) is 5.12. The Morgan fingerprint density at radius 2 is 2.20 bits per heavy atom. The summed E-state index contributed by atoms with van der Waals surface area (Å²) >= 11 is 4.93. The smallest absolute Gasteiger partial charge is 0.303 e. The first-order valence-electron chi connectivity index (χ1n) is 5.38. The quantitative estimate of drug-likeness (QED) is 0.784. The van der Waals surface area contributed by atoms with E-state index >= 15 is 0 Å². The van der Waals surface area contributed by atoms with E-state index in [1.807, 2.05) is 16.9 Å². The second kappa shape index (κ2) is 4.42. The fraction of sp³-hybridized carbons (Fsp3) is 0.727. The van der Waals surface area contributed by atoms with E-state index in [2.05, 4.69) is 15.9 Å². The average Bonchev–Trinajstić information content (AvgIpc) is 2.81. The molecule has 1 aromatic heterocycles. The fourth-order valence-electron chi connectivity index (χ4n) is 2.39. The number of aromatic nitrogens is 1. The fourth-order valence-corrected chi connectivity index (χ4v) is 3.86. The molecule has 1 fully saturated rings. The maximum Gasteiger partial charge on any atom is 0.307 e. The van der Waals surface area contributed by atoms with Crippen LogP contribution in [0.2, 0.25) is 0 Å². The summed E-state index contributed by atoms with van der Waals surface area (Å²) in [5.41, 5.74) is 1.44. The van der Waals surface area contributed by atoms with Gasteiger partial charge in [-0.15, -0.1) is 0 Å². The van der Waals surface area contributed by atoms with Crippen molar-refractivity contribution in [1.29, 1.82) is 0 Å². The molecule has 2 rings (SSSR count). The van der Waals surface area contributed by atoms with Crippen molar-refractivity contribution in [2.24, 2.45) is 5.41 Å². The zero-order valence-corrected chi connectivity index (χ0v) is 11.4. The van der Waals surface area contributed by atoms with Crippen molar-refractivity contribution in [3.8, 4) is 0 Å². The average molecular weight is 290 g/mol. The monoisotopic (exact) mass is 289 g/mol. The van der Waals surface area contributed by atoms with Gasteiger partial charge < -0.3 is 4.57 Å². The summed E-state index contributed by atoms with van der Waals surface area (Å²) in [5, 5.41) is 2.97. The molecule has 0 saturated heterocycles. The number of hydrogen-bond donors (Lipinski definition) is 0. The first-order chi connectivity index (χ1) is 7.17. The van der Waals surface area contributed by atoms with E-state index in [1.165, 1.54) is 37.0 Å². The van der Waals surface area contributed by atoms with Crippen LogP contribution in [0.25, 0.3) is 0 Å². The van der Waals surface area contributed by atoms with E-state index in [9.17, 15) is 4.79 Å². The first kappa shape index (κ1) is 11.4. The molecular formula is C11H16BrNOS. The number of nitrogens with zero attached hydrogens (tertiary/aromatic N) is 1. The third-order valence-corrected chi connectivity index (χ3v) is 5.49. The van der Waals surface area contributed by atoms with E-state index in [-0.39, 0.29) is 4.87 Å². The highest BCUT2D eigenvalue weighted by molar-refractivity contribution is 9.09. The van der Waals surface area contributed by atoms with Crippen LogP contribution >= 0.6 is 27.3 Å². The molecule has 2 nitrogen and oxygen atoms in total. The van der Waals surface area contributed by atoms with Crippen LogP contribution in [0.4, 0.5) is 0 Å². The van der Waals surface area contributed by atoms with Gasteiger partial charge in [-0.25, -0.2) is 0 Å². The zero-order valence-electron chi connectivity index (χ0n) is 8.96. The molecule has 1 aromatic rings. The Balaban J connectivity index is 2.23. The summed E-state index contributed by atoms with van der Waals surface area (Å²) in [7, 11) is 0. The van der Waals surface area contributed by atoms with Gasteiger partial charge in [0.05, 0.1) is 0 Å². The third-order valence-electron chi connectivity index (χ3n) is 3.42. The number of halogens is 1. The lowest BCUT2D eigenvalue weighted by atomic mass is 9.88. The topological polar surface area (TPSA) is 22.0 Å². The summed E-state index contributed by atoms with van der Waals surface area (Å²) in [5.74, 6) is 0. The van der Waals surface area contributed by atoms with Crippen LogP contribution < -0.4 is 4.87 Å². The van der Waals surface area contributed by atoms with E-state index < -0.39 is 0 Å². The van der Waals surface area contributed by atoms with Crippen LogP contribution in [0, 0.1) is 12.3 Å². The maximum atomic E-state index is 11.7. The third kappa shape index (κ3) is 2.21. The van der Waals surface area contributed by atoms with Crippen molar-refractivity contribution in [2.75, 3.05) is 5.33 Å². The van der Waals surface area contributed by atoms with Gasteiger partial charge in [0, 0.05) is 22.9 Å². The van der Waals surface area contributed by atoms with Crippen molar-refractivity contribution in [3.05, 3.63) is 20.7 Å². The SMILES string of the molecule is Cc1csc(=O)n1CC1(CBr)CCCC1. The van der Waals surface area contributed by atoms with E-state index in [0.717, 1.165) is 17.6 Å². The maximum absolute atomic E-state index is 11.7. The minimum atomic E-state index is 0.194. The number of thiazole rings is 1. The van der Waals surface area contributed by atoms with E-state index in [1.54, 1.807) is 0 Å². The van der Waals surface area contributed by atoms with Crippen LogP contribution in [0.15, 0.2) is 10.2 Å². The van der Waals surface area contributed by atoms with Gasteiger partial charge in [-0.05, 0) is 25.2 Å². The Morgan fingerprint density at radius 3 is 2.67 bits per heavy atom. The molecule has 0 aromatic carbocycles. The Hall–Kier alpha value is -0.0900.